The van der Waals surface area contributed by atoms with Crippen LogP contribution in [0, 0.1) is 6.92 Å². The minimum atomic E-state index is -0.168. The maximum atomic E-state index is 12.6. The van der Waals surface area contributed by atoms with Crippen LogP contribution in [-0.4, -0.2) is 33.5 Å². The molecule has 0 bridgehead atoms. The lowest BCUT2D eigenvalue weighted by Gasteiger charge is -2.12. The first kappa shape index (κ1) is 23.2. The van der Waals surface area contributed by atoms with Crippen molar-refractivity contribution in [1.29, 1.82) is 0 Å². The van der Waals surface area contributed by atoms with Crippen molar-refractivity contribution >= 4 is 46.6 Å². The van der Waals surface area contributed by atoms with Gasteiger partial charge in [-0.2, -0.15) is 0 Å². The van der Waals surface area contributed by atoms with Crippen LogP contribution in [0.25, 0.3) is 17.1 Å². The van der Waals surface area contributed by atoms with Gasteiger partial charge in [-0.05, 0) is 61.0 Å². The van der Waals surface area contributed by atoms with Gasteiger partial charge in [-0.3, -0.25) is 9.36 Å². The molecule has 9 heteroatoms. The van der Waals surface area contributed by atoms with E-state index in [1.165, 1.54) is 11.8 Å². The third-order valence-corrected chi connectivity index (χ3v) is 6.27. The van der Waals surface area contributed by atoms with E-state index >= 15 is 0 Å². The van der Waals surface area contributed by atoms with Crippen LogP contribution in [0.3, 0.4) is 0 Å². The number of hydrogen-bond acceptors (Lipinski definition) is 5. The van der Waals surface area contributed by atoms with E-state index in [9.17, 15) is 4.79 Å². The third kappa shape index (κ3) is 5.50. The van der Waals surface area contributed by atoms with Crippen molar-refractivity contribution in [2.75, 3.05) is 18.2 Å². The molecule has 33 heavy (non-hydrogen) atoms. The van der Waals surface area contributed by atoms with Crippen LogP contribution in [0.2, 0.25) is 10.0 Å². The van der Waals surface area contributed by atoms with E-state index in [4.69, 9.17) is 27.9 Å². The maximum Gasteiger partial charge on any atom is 0.234 e. The lowest BCUT2D eigenvalue weighted by molar-refractivity contribution is -0.113. The predicted molar refractivity (Wildman–Crippen MR) is 134 cm³/mol. The predicted octanol–water partition coefficient (Wildman–Crippen LogP) is 6.29. The molecule has 1 N–H and O–H groups in total. The van der Waals surface area contributed by atoms with Gasteiger partial charge < -0.3 is 10.1 Å². The van der Waals surface area contributed by atoms with Gasteiger partial charge in [-0.25, -0.2) is 0 Å². The average molecular weight is 499 g/mol. The minimum Gasteiger partial charge on any atom is -0.497 e. The molecule has 0 atom stereocenters. The van der Waals surface area contributed by atoms with Crippen LogP contribution in [0.4, 0.5) is 5.69 Å². The number of carbonyl (C=O) groups is 1. The molecule has 1 amide bonds. The summed E-state index contributed by atoms with van der Waals surface area (Å²) >= 11 is 13.4. The molecule has 0 saturated carbocycles. The number of amides is 1. The zero-order chi connectivity index (χ0) is 23.4. The Morgan fingerprint density at radius 3 is 2.55 bits per heavy atom. The Morgan fingerprint density at radius 2 is 1.79 bits per heavy atom. The summed E-state index contributed by atoms with van der Waals surface area (Å²) in [6.45, 7) is 1.91. The highest BCUT2D eigenvalue weighted by molar-refractivity contribution is 7.99. The summed E-state index contributed by atoms with van der Waals surface area (Å²) in [6.07, 6.45) is 0. The number of anilines is 1. The molecule has 4 aromatic rings. The van der Waals surface area contributed by atoms with Crippen LogP contribution in [-0.2, 0) is 4.79 Å². The molecule has 0 radical (unpaired) electrons. The van der Waals surface area contributed by atoms with E-state index in [2.05, 4.69) is 15.5 Å². The fourth-order valence-corrected chi connectivity index (χ4v) is 4.23. The zero-order valence-electron chi connectivity index (χ0n) is 17.9. The number of methoxy groups -OCH3 is 1. The highest BCUT2D eigenvalue weighted by Crippen LogP contribution is 2.30. The van der Waals surface area contributed by atoms with Crippen LogP contribution in [0.1, 0.15) is 5.56 Å². The summed E-state index contributed by atoms with van der Waals surface area (Å²) in [6, 6.07) is 20.3. The number of halogens is 2. The van der Waals surface area contributed by atoms with Gasteiger partial charge in [0.1, 0.15) is 5.75 Å². The second-order valence-electron chi connectivity index (χ2n) is 7.15. The van der Waals surface area contributed by atoms with Crippen LogP contribution in [0.15, 0.2) is 71.9 Å². The molecule has 0 saturated heterocycles. The lowest BCUT2D eigenvalue weighted by atomic mass is 10.2. The Hall–Kier alpha value is -3.00. The van der Waals surface area contributed by atoms with E-state index < -0.39 is 0 Å². The Kier molecular flexibility index (Phi) is 7.23. The molecule has 0 spiro atoms. The van der Waals surface area contributed by atoms with Crippen LogP contribution >= 0.6 is 35.0 Å². The van der Waals surface area contributed by atoms with Crippen LogP contribution in [0.5, 0.6) is 5.75 Å². The number of thioether (sulfide) groups is 1. The van der Waals surface area contributed by atoms with Crippen molar-refractivity contribution in [3.63, 3.8) is 0 Å². The fourth-order valence-electron chi connectivity index (χ4n) is 3.18. The lowest BCUT2D eigenvalue weighted by Crippen LogP contribution is -2.15. The summed E-state index contributed by atoms with van der Waals surface area (Å²) in [7, 11) is 1.62. The monoisotopic (exact) mass is 498 g/mol. The van der Waals surface area contributed by atoms with Crippen molar-refractivity contribution in [2.24, 2.45) is 0 Å². The van der Waals surface area contributed by atoms with Gasteiger partial charge >= 0.3 is 0 Å². The molecule has 1 heterocycles. The number of hydrogen-bond donors (Lipinski definition) is 1. The summed E-state index contributed by atoms with van der Waals surface area (Å²) in [4.78, 5) is 12.6. The Labute approximate surface area is 205 Å². The number of nitrogens with one attached hydrogen (secondary N) is 1. The maximum absolute atomic E-state index is 12.6. The smallest absolute Gasteiger partial charge is 0.234 e. The second-order valence-corrected chi connectivity index (χ2v) is 8.96. The number of carbonyl (C=O) groups excluding carboxylic acids is 1. The molecule has 0 aliphatic rings. The van der Waals surface area contributed by atoms with Gasteiger partial charge in [-0.15, -0.1) is 10.2 Å². The normalized spacial score (nSPS) is 10.8. The largest absolute Gasteiger partial charge is 0.497 e. The Bertz CT molecular complexity index is 1290. The van der Waals surface area contributed by atoms with Gasteiger partial charge in [0.15, 0.2) is 11.0 Å². The molecule has 0 aliphatic heterocycles. The topological polar surface area (TPSA) is 69.0 Å². The van der Waals surface area contributed by atoms with Gasteiger partial charge in [0.2, 0.25) is 5.91 Å². The Balaban J connectivity index is 1.62. The van der Waals surface area contributed by atoms with Crippen molar-refractivity contribution in [1.82, 2.24) is 14.8 Å². The molecule has 0 fully saturated rings. The Morgan fingerprint density at radius 1 is 1.03 bits per heavy atom. The highest BCUT2D eigenvalue weighted by Gasteiger charge is 2.18. The van der Waals surface area contributed by atoms with Gasteiger partial charge in [-0.1, -0.05) is 53.2 Å². The summed E-state index contributed by atoms with van der Waals surface area (Å²) in [5.74, 6) is 1.32. The molecular weight excluding hydrogens is 479 g/mol. The van der Waals surface area contributed by atoms with Crippen molar-refractivity contribution in [3.05, 3.63) is 82.3 Å². The molecule has 0 unspecified atom stereocenters. The summed E-state index contributed by atoms with van der Waals surface area (Å²) in [5.41, 5.74) is 3.28. The number of nitrogens with zero attached hydrogens (tertiary/aromatic N) is 3. The number of aryl methyl sites for hydroxylation is 1. The van der Waals surface area contributed by atoms with Gasteiger partial charge in [0.05, 0.1) is 12.9 Å². The molecule has 168 valence electrons. The highest BCUT2D eigenvalue weighted by atomic mass is 35.5. The molecular formula is C24H20Cl2N4O2S. The number of benzene rings is 3. The van der Waals surface area contributed by atoms with Crippen LogP contribution < -0.4 is 10.1 Å². The number of aromatic nitrogens is 3. The number of ether oxygens (including phenoxy) is 1. The molecule has 0 aliphatic carbocycles. The molecule has 6 nitrogen and oxygen atoms in total. The van der Waals surface area contributed by atoms with E-state index in [1.54, 1.807) is 31.4 Å². The summed E-state index contributed by atoms with van der Waals surface area (Å²) < 4.78 is 7.25. The second kappa shape index (κ2) is 10.3. The summed E-state index contributed by atoms with van der Waals surface area (Å²) in [5, 5.41) is 13.4. The van der Waals surface area contributed by atoms with Crippen molar-refractivity contribution in [3.8, 4) is 22.8 Å². The van der Waals surface area contributed by atoms with E-state index in [1.807, 2.05) is 54.0 Å². The zero-order valence-corrected chi connectivity index (χ0v) is 20.2. The van der Waals surface area contributed by atoms with E-state index in [0.717, 1.165) is 16.8 Å². The molecule has 4 rings (SSSR count). The van der Waals surface area contributed by atoms with E-state index in [0.29, 0.717) is 32.5 Å². The third-order valence-electron chi connectivity index (χ3n) is 4.85. The SMILES string of the molecule is COc1cccc(-c2nnc(SCC(=O)Nc3cc(Cl)ccc3C)n2-c2ccc(Cl)cc2)c1. The average Bonchev–Trinajstić information content (AvgIpc) is 3.24. The quantitative estimate of drug-likeness (QED) is 0.303. The first-order chi connectivity index (χ1) is 15.9. The van der Waals surface area contributed by atoms with Crippen molar-refractivity contribution in [2.45, 2.75) is 12.1 Å². The van der Waals surface area contributed by atoms with E-state index in [-0.39, 0.29) is 11.7 Å². The first-order valence-electron chi connectivity index (χ1n) is 9.99. The standard InChI is InChI=1S/C24H20Cl2N4O2S/c1-15-6-7-18(26)13-21(15)27-22(31)14-33-24-29-28-23(16-4-3-5-20(12-16)32-2)30(24)19-10-8-17(25)9-11-19/h3-13H,14H2,1-2H3,(H,27,31). The van der Waals surface area contributed by atoms with Crippen molar-refractivity contribution < 1.29 is 9.53 Å². The molecule has 3 aromatic carbocycles. The number of rotatable bonds is 7. The minimum absolute atomic E-state index is 0.149. The fraction of sp³-hybridized carbons (Fsp3) is 0.125. The molecule has 1 aromatic heterocycles. The van der Waals surface area contributed by atoms with Gasteiger partial charge in [0.25, 0.3) is 0 Å². The van der Waals surface area contributed by atoms with Gasteiger partial charge in [0, 0.05) is 27.0 Å². The first-order valence-corrected chi connectivity index (χ1v) is 11.7.